The van der Waals surface area contributed by atoms with Crippen LogP contribution in [0.5, 0.6) is 0 Å². The minimum absolute atomic E-state index is 0.000148. The standard InChI is InChI=1S/C21H26N4O2/c26-19(23-21-11-14-9-15(12-21)16(10-14)13-21)18-17-3-1-2-4-25(17)20(22-18)24-5-7-27-8-6-24/h1-4,14-16H,5-13H2,(H,23,26). The topological polar surface area (TPSA) is 58.9 Å². The first kappa shape index (κ1) is 15.9. The molecule has 0 spiro atoms. The van der Waals surface area contributed by atoms with E-state index in [9.17, 15) is 4.79 Å². The molecule has 2 atom stereocenters. The lowest BCUT2D eigenvalue weighted by atomic mass is 9.76. The van der Waals surface area contributed by atoms with Gasteiger partial charge in [-0.25, -0.2) is 4.98 Å². The van der Waals surface area contributed by atoms with Crippen molar-refractivity contribution in [2.45, 2.75) is 37.6 Å². The summed E-state index contributed by atoms with van der Waals surface area (Å²) in [4.78, 5) is 20.3. The number of carbonyl (C=O) groups is 1. The number of aromatic nitrogens is 2. The fourth-order valence-electron chi connectivity index (χ4n) is 6.44. The molecule has 4 saturated carbocycles. The number of nitrogens with one attached hydrogen (secondary N) is 1. The van der Waals surface area contributed by atoms with Crippen molar-refractivity contribution in [3.8, 4) is 0 Å². The predicted octanol–water partition coefficient (Wildman–Crippen LogP) is 2.48. The first-order chi connectivity index (χ1) is 13.2. The quantitative estimate of drug-likeness (QED) is 0.907. The number of pyridine rings is 1. The zero-order valence-electron chi connectivity index (χ0n) is 15.6. The summed E-state index contributed by atoms with van der Waals surface area (Å²) >= 11 is 0. The van der Waals surface area contributed by atoms with E-state index in [1.165, 1.54) is 25.7 Å². The molecule has 2 aromatic heterocycles. The molecule has 1 amide bonds. The average Bonchev–Trinajstić information content (AvgIpc) is 3.28. The second kappa shape index (κ2) is 5.71. The molecule has 4 bridgehead atoms. The second-order valence-electron chi connectivity index (χ2n) is 9.02. The van der Waals surface area contributed by atoms with Crippen LogP contribution < -0.4 is 10.2 Å². The van der Waals surface area contributed by atoms with E-state index in [2.05, 4.69) is 10.2 Å². The van der Waals surface area contributed by atoms with Gasteiger partial charge in [0.1, 0.15) is 0 Å². The normalized spacial score (nSPS) is 34.5. The van der Waals surface area contributed by atoms with Crippen LogP contribution in [-0.4, -0.2) is 47.1 Å². The predicted molar refractivity (Wildman–Crippen MR) is 102 cm³/mol. The molecule has 0 aromatic carbocycles. The lowest BCUT2D eigenvalue weighted by molar-refractivity contribution is 0.0843. The van der Waals surface area contributed by atoms with E-state index in [4.69, 9.17) is 9.72 Å². The Morgan fingerprint density at radius 2 is 1.93 bits per heavy atom. The number of rotatable bonds is 3. The van der Waals surface area contributed by atoms with Crippen LogP contribution in [0, 0.1) is 17.8 Å². The number of fused-ring (bicyclic) bond motifs is 1. The summed E-state index contributed by atoms with van der Waals surface area (Å²) in [6.07, 6.45) is 8.27. The summed E-state index contributed by atoms with van der Waals surface area (Å²) in [5.41, 5.74) is 1.48. The molecule has 0 radical (unpaired) electrons. The number of anilines is 1. The van der Waals surface area contributed by atoms with E-state index in [0.29, 0.717) is 18.9 Å². The molecule has 6 heteroatoms. The molecule has 1 aliphatic heterocycles. The third kappa shape index (κ3) is 2.42. The van der Waals surface area contributed by atoms with Crippen molar-refractivity contribution in [1.29, 1.82) is 0 Å². The third-order valence-corrected chi connectivity index (χ3v) is 7.34. The highest BCUT2D eigenvalue weighted by Gasteiger charge is 2.56. The lowest BCUT2D eigenvalue weighted by Gasteiger charge is -2.39. The number of ether oxygens (including phenoxy) is 1. The molecular formula is C21H26N4O2. The summed E-state index contributed by atoms with van der Waals surface area (Å²) in [6.45, 7) is 3.03. The van der Waals surface area contributed by atoms with E-state index in [1.54, 1.807) is 0 Å². The van der Waals surface area contributed by atoms with Crippen molar-refractivity contribution in [2.75, 3.05) is 31.2 Å². The minimum atomic E-state index is 0.000148. The van der Waals surface area contributed by atoms with E-state index in [-0.39, 0.29) is 11.4 Å². The Morgan fingerprint density at radius 1 is 1.15 bits per heavy atom. The maximum Gasteiger partial charge on any atom is 0.272 e. The van der Waals surface area contributed by atoms with E-state index >= 15 is 0 Å². The summed E-state index contributed by atoms with van der Waals surface area (Å²) < 4.78 is 7.53. The summed E-state index contributed by atoms with van der Waals surface area (Å²) in [5, 5.41) is 3.45. The fraction of sp³-hybridized carbons (Fsp3) is 0.619. The number of imidazole rings is 1. The molecule has 4 aliphatic carbocycles. The molecule has 142 valence electrons. The smallest absolute Gasteiger partial charge is 0.272 e. The van der Waals surface area contributed by atoms with Gasteiger partial charge < -0.3 is 15.0 Å². The third-order valence-electron chi connectivity index (χ3n) is 7.34. The Labute approximate surface area is 158 Å². The Hall–Kier alpha value is -2.08. The number of nitrogens with zero attached hydrogens (tertiary/aromatic N) is 3. The Balaban J connectivity index is 1.33. The highest BCUT2D eigenvalue weighted by Crippen LogP contribution is 2.59. The van der Waals surface area contributed by atoms with Gasteiger partial charge >= 0.3 is 0 Å². The molecule has 7 rings (SSSR count). The first-order valence-corrected chi connectivity index (χ1v) is 10.3. The van der Waals surface area contributed by atoms with Gasteiger partial charge in [0.2, 0.25) is 5.95 Å². The Morgan fingerprint density at radius 3 is 2.67 bits per heavy atom. The maximum atomic E-state index is 13.3. The molecule has 2 unspecified atom stereocenters. The van der Waals surface area contributed by atoms with Crippen LogP contribution in [0.1, 0.15) is 42.6 Å². The molecule has 3 heterocycles. The summed E-state index contributed by atoms with van der Waals surface area (Å²) in [6, 6.07) is 5.98. The zero-order chi connectivity index (χ0) is 18.0. The van der Waals surface area contributed by atoms with Crippen molar-refractivity contribution in [3.63, 3.8) is 0 Å². The van der Waals surface area contributed by atoms with Crippen molar-refractivity contribution < 1.29 is 9.53 Å². The highest BCUT2D eigenvalue weighted by atomic mass is 16.5. The van der Waals surface area contributed by atoms with Crippen LogP contribution in [-0.2, 0) is 4.74 Å². The van der Waals surface area contributed by atoms with Crippen molar-refractivity contribution in [3.05, 3.63) is 30.1 Å². The molecule has 6 nitrogen and oxygen atoms in total. The number of hydrogen-bond acceptors (Lipinski definition) is 4. The van der Waals surface area contributed by atoms with E-state index < -0.39 is 0 Å². The van der Waals surface area contributed by atoms with Crippen molar-refractivity contribution >= 4 is 17.4 Å². The molecular weight excluding hydrogens is 340 g/mol. The van der Waals surface area contributed by atoms with Crippen LogP contribution >= 0.6 is 0 Å². The van der Waals surface area contributed by atoms with Gasteiger partial charge in [-0.3, -0.25) is 9.20 Å². The molecule has 27 heavy (non-hydrogen) atoms. The number of carbonyl (C=O) groups excluding carboxylic acids is 1. The zero-order valence-corrected chi connectivity index (χ0v) is 15.6. The van der Waals surface area contributed by atoms with Crippen LogP contribution in [0.3, 0.4) is 0 Å². The van der Waals surface area contributed by atoms with Crippen LogP contribution in [0.2, 0.25) is 0 Å². The summed E-state index contributed by atoms with van der Waals surface area (Å²) in [7, 11) is 0. The highest BCUT2D eigenvalue weighted by molar-refractivity contribution is 6.00. The van der Waals surface area contributed by atoms with Gasteiger partial charge in [-0.2, -0.15) is 0 Å². The maximum absolute atomic E-state index is 13.3. The lowest BCUT2D eigenvalue weighted by Crippen LogP contribution is -2.50. The van der Waals surface area contributed by atoms with Gasteiger partial charge in [0, 0.05) is 24.8 Å². The Bertz CT molecular complexity index is 881. The van der Waals surface area contributed by atoms with Gasteiger partial charge in [0.05, 0.1) is 18.7 Å². The second-order valence-corrected chi connectivity index (χ2v) is 9.02. The van der Waals surface area contributed by atoms with Crippen LogP contribution in [0.4, 0.5) is 5.95 Å². The molecule has 2 aromatic rings. The van der Waals surface area contributed by atoms with Crippen LogP contribution in [0.25, 0.3) is 5.52 Å². The Kier molecular flexibility index (Phi) is 3.37. The van der Waals surface area contributed by atoms with Crippen molar-refractivity contribution in [2.24, 2.45) is 17.8 Å². The number of morpholine rings is 1. The van der Waals surface area contributed by atoms with Gasteiger partial charge in [-0.1, -0.05) is 6.07 Å². The molecule has 5 aliphatic rings. The summed E-state index contributed by atoms with van der Waals surface area (Å²) in [5.74, 6) is 3.36. The molecule has 1 N–H and O–H groups in total. The van der Waals surface area contributed by atoms with Gasteiger partial charge in [-0.15, -0.1) is 0 Å². The van der Waals surface area contributed by atoms with Crippen molar-refractivity contribution in [1.82, 2.24) is 14.7 Å². The first-order valence-electron chi connectivity index (χ1n) is 10.3. The number of hydrogen-bond donors (Lipinski definition) is 1. The minimum Gasteiger partial charge on any atom is -0.378 e. The van der Waals surface area contributed by atoms with Gasteiger partial charge in [0.15, 0.2) is 5.69 Å². The fourth-order valence-corrected chi connectivity index (χ4v) is 6.44. The van der Waals surface area contributed by atoms with E-state index in [0.717, 1.165) is 48.7 Å². The monoisotopic (exact) mass is 366 g/mol. The van der Waals surface area contributed by atoms with E-state index in [1.807, 2.05) is 28.8 Å². The SMILES string of the molecule is O=C(NC12CC3CC(C1)C(C3)C2)c1nc(N2CCOCC2)n2ccccc12. The largest absolute Gasteiger partial charge is 0.378 e. The average molecular weight is 366 g/mol. The molecule has 5 fully saturated rings. The molecule has 1 saturated heterocycles. The van der Waals surface area contributed by atoms with Gasteiger partial charge in [-0.05, 0) is 62.0 Å². The van der Waals surface area contributed by atoms with Crippen LogP contribution in [0.15, 0.2) is 24.4 Å². The van der Waals surface area contributed by atoms with Gasteiger partial charge in [0.25, 0.3) is 5.91 Å². The number of amides is 1.